The topological polar surface area (TPSA) is 20.2 Å². The van der Waals surface area contributed by atoms with Crippen molar-refractivity contribution in [3.05, 3.63) is 0 Å². The fraction of sp³-hybridized carbons (Fsp3) is 1.00. The van der Waals surface area contributed by atoms with E-state index in [-0.39, 0.29) is 6.61 Å². The normalized spacial score (nSPS) is 14.8. The van der Waals surface area contributed by atoms with E-state index in [9.17, 15) is 0 Å². The molecule has 9 heavy (non-hydrogen) atoms. The summed E-state index contributed by atoms with van der Waals surface area (Å²) in [4.78, 5) is 0. The molecule has 0 aliphatic heterocycles. The van der Waals surface area contributed by atoms with Crippen LogP contribution in [-0.4, -0.2) is 11.7 Å². The summed E-state index contributed by atoms with van der Waals surface area (Å²) in [5, 5.41) is 7.57. The quantitative estimate of drug-likeness (QED) is 0.639. The number of aliphatic hydroxyl groups is 1. The Morgan fingerprint density at radius 2 is 1.11 bits per heavy atom. The first kappa shape index (κ1) is 13.4. The first-order chi connectivity index (χ1) is 3.65. The van der Waals surface area contributed by atoms with Crippen molar-refractivity contribution in [1.29, 1.82) is 0 Å². The van der Waals surface area contributed by atoms with Crippen molar-refractivity contribution < 1.29 is 5.11 Å². The van der Waals surface area contributed by atoms with Crippen LogP contribution >= 0.6 is 59.6 Å². The van der Waals surface area contributed by atoms with Gasteiger partial charge in [-0.25, -0.2) is 0 Å². The molecule has 1 nitrogen and oxygen atoms in total. The van der Waals surface area contributed by atoms with Gasteiger partial charge in [-0.15, -0.1) is 0 Å². The molecule has 0 aliphatic carbocycles. The molecule has 0 atom stereocenters. The average Bonchev–Trinajstić information content (AvgIpc) is 1.23. The van der Waals surface area contributed by atoms with Gasteiger partial charge in [0.25, 0.3) is 0 Å². The van der Waals surface area contributed by atoms with Crippen molar-refractivity contribution in [2.45, 2.75) is 6.92 Å². The van der Waals surface area contributed by atoms with Crippen molar-refractivity contribution in [3.63, 3.8) is 0 Å². The molecular weight excluding hydrogens is 248 g/mol. The number of aliphatic hydroxyl groups excluding tert-OH is 1. The summed E-state index contributed by atoms with van der Waals surface area (Å²) >= 11 is 24.9. The van der Waals surface area contributed by atoms with Crippen molar-refractivity contribution in [2.24, 2.45) is 0 Å². The van der Waals surface area contributed by atoms with Crippen LogP contribution in [0.5, 0.6) is 0 Å². The van der Waals surface area contributed by atoms with Crippen molar-refractivity contribution in [2.75, 3.05) is 6.61 Å². The minimum atomic E-state index is -3.69. The van der Waals surface area contributed by atoms with Crippen LogP contribution in [0.25, 0.3) is 0 Å². The van der Waals surface area contributed by atoms with Crippen molar-refractivity contribution >= 4 is 59.6 Å². The second-order valence-electron chi connectivity index (χ2n) is 0.955. The van der Waals surface area contributed by atoms with Crippen LogP contribution in [0.2, 0.25) is 0 Å². The van der Waals surface area contributed by atoms with Gasteiger partial charge >= 0.3 is 59.6 Å². The van der Waals surface area contributed by atoms with E-state index in [1.54, 1.807) is 6.92 Å². The summed E-state index contributed by atoms with van der Waals surface area (Å²) in [6, 6.07) is 0. The van der Waals surface area contributed by atoms with Gasteiger partial charge in [0.15, 0.2) is 0 Å². The van der Waals surface area contributed by atoms with E-state index in [2.05, 4.69) is 0 Å². The molecule has 0 fully saturated rings. The van der Waals surface area contributed by atoms with Crippen LogP contribution in [0.3, 0.4) is 0 Å². The van der Waals surface area contributed by atoms with E-state index in [0.29, 0.717) is 0 Å². The van der Waals surface area contributed by atoms with E-state index in [1.807, 2.05) is 0 Å². The third-order valence-corrected chi connectivity index (χ3v) is 0. The molecule has 0 rings (SSSR count). The summed E-state index contributed by atoms with van der Waals surface area (Å²) in [7, 11) is 0. The standard InChI is InChI=1S/C2H6O.Cl5P/c1-2-3;1-6(2,3,4)5/h3H,2H2,1H3;. The number of halogens is 5. The van der Waals surface area contributed by atoms with Crippen LogP contribution in [-0.2, 0) is 0 Å². The van der Waals surface area contributed by atoms with E-state index < -0.39 is 3.37 Å². The van der Waals surface area contributed by atoms with E-state index in [0.717, 1.165) is 0 Å². The van der Waals surface area contributed by atoms with Gasteiger partial charge in [-0.05, 0) is 6.92 Å². The van der Waals surface area contributed by atoms with Gasteiger partial charge in [0.2, 0.25) is 0 Å². The summed E-state index contributed by atoms with van der Waals surface area (Å²) < 4.78 is -3.69. The molecule has 0 bridgehead atoms. The summed E-state index contributed by atoms with van der Waals surface area (Å²) in [6.45, 7) is 1.93. The third kappa shape index (κ3) is 179. The van der Waals surface area contributed by atoms with Crippen LogP contribution < -0.4 is 0 Å². The fourth-order valence-corrected chi connectivity index (χ4v) is 0. The Bertz CT molecular complexity index is 57.8. The zero-order valence-corrected chi connectivity index (χ0v) is 9.17. The van der Waals surface area contributed by atoms with Gasteiger partial charge in [0.05, 0.1) is 0 Å². The van der Waals surface area contributed by atoms with Gasteiger partial charge in [0, 0.05) is 6.61 Å². The summed E-state index contributed by atoms with van der Waals surface area (Å²) in [6.07, 6.45) is 0. The molecule has 0 heterocycles. The zero-order valence-electron chi connectivity index (χ0n) is 4.49. The summed E-state index contributed by atoms with van der Waals surface area (Å²) in [5.74, 6) is 0. The molecule has 0 unspecified atom stereocenters. The molecule has 0 radical (unpaired) electrons. The zero-order chi connectivity index (χ0) is 8.15. The first-order valence-electron chi connectivity index (χ1n) is 1.87. The Morgan fingerprint density at radius 3 is 1.11 bits per heavy atom. The molecule has 0 amide bonds. The second kappa shape index (κ2) is 4.66. The van der Waals surface area contributed by atoms with Gasteiger partial charge in [-0.3, -0.25) is 0 Å². The van der Waals surface area contributed by atoms with Crippen LogP contribution in [0, 0.1) is 0 Å². The van der Waals surface area contributed by atoms with Gasteiger partial charge < -0.3 is 5.11 Å². The molecule has 0 aliphatic rings. The predicted molar refractivity (Wildman–Crippen MR) is 48.9 cm³/mol. The van der Waals surface area contributed by atoms with Gasteiger partial charge in [-0.2, -0.15) is 0 Å². The maximum absolute atomic E-state index is 7.57. The first-order valence-corrected chi connectivity index (χ1v) is 8.63. The molecule has 60 valence electrons. The van der Waals surface area contributed by atoms with Gasteiger partial charge in [-0.1, -0.05) is 0 Å². The molecule has 0 aromatic heterocycles. The predicted octanol–water partition coefficient (Wildman–Crippen LogP) is 4.31. The minimum absolute atomic E-state index is 0.250. The third-order valence-electron chi connectivity index (χ3n) is 0. The van der Waals surface area contributed by atoms with Crippen LogP contribution in [0.1, 0.15) is 6.92 Å². The molecule has 0 saturated heterocycles. The SMILES string of the molecule is CCO.ClP(Cl)(Cl)(Cl)Cl. The summed E-state index contributed by atoms with van der Waals surface area (Å²) in [5.41, 5.74) is 0. The Balaban J connectivity index is 0. The Morgan fingerprint density at radius 1 is 1.11 bits per heavy atom. The van der Waals surface area contributed by atoms with Crippen LogP contribution in [0.4, 0.5) is 0 Å². The molecule has 7 heteroatoms. The molecule has 0 aromatic carbocycles. The van der Waals surface area contributed by atoms with Crippen molar-refractivity contribution in [3.8, 4) is 0 Å². The number of rotatable bonds is 0. The van der Waals surface area contributed by atoms with Crippen molar-refractivity contribution in [1.82, 2.24) is 0 Å². The number of hydrogen-bond acceptors (Lipinski definition) is 1. The maximum atomic E-state index is 7.57. The average molecular weight is 254 g/mol. The molecule has 0 spiro atoms. The Labute approximate surface area is 78.1 Å². The van der Waals surface area contributed by atoms with E-state index in [1.165, 1.54) is 0 Å². The van der Waals surface area contributed by atoms with Crippen LogP contribution in [0.15, 0.2) is 0 Å². The number of hydrogen-bond donors (Lipinski definition) is 1. The van der Waals surface area contributed by atoms with E-state index >= 15 is 0 Å². The molecule has 1 N–H and O–H groups in total. The second-order valence-corrected chi connectivity index (χ2v) is 17.6. The molecule has 0 saturated carbocycles. The Kier molecular flexibility index (Phi) is 6.96. The van der Waals surface area contributed by atoms with Gasteiger partial charge in [0.1, 0.15) is 0 Å². The monoisotopic (exact) mass is 252 g/mol. The molecular formula is C2H6Cl5OP. The Hall–Kier alpha value is 1.84. The fourth-order valence-electron chi connectivity index (χ4n) is 0. The molecule has 0 aromatic rings. The van der Waals surface area contributed by atoms with E-state index in [4.69, 9.17) is 61.3 Å².